The van der Waals surface area contributed by atoms with E-state index in [-0.39, 0.29) is 12.5 Å². The van der Waals surface area contributed by atoms with E-state index in [1.54, 1.807) is 0 Å². The highest BCUT2D eigenvalue weighted by atomic mass is 19.2. The van der Waals surface area contributed by atoms with Crippen LogP contribution in [0.1, 0.15) is 13.3 Å². The molecule has 0 aliphatic rings. The van der Waals surface area contributed by atoms with Gasteiger partial charge < -0.3 is 15.1 Å². The van der Waals surface area contributed by atoms with Crippen molar-refractivity contribution in [1.82, 2.24) is 9.80 Å². The zero-order valence-corrected chi connectivity index (χ0v) is 13.3. The van der Waals surface area contributed by atoms with E-state index in [1.807, 2.05) is 19.0 Å². The van der Waals surface area contributed by atoms with Gasteiger partial charge in [0.15, 0.2) is 17.5 Å². The molecule has 23 heavy (non-hydrogen) atoms. The summed E-state index contributed by atoms with van der Waals surface area (Å²) in [5, 5.41) is 2.14. The summed E-state index contributed by atoms with van der Waals surface area (Å²) < 4.78 is 39.4. The van der Waals surface area contributed by atoms with Crippen LogP contribution in [0.25, 0.3) is 0 Å². The Hall–Kier alpha value is -2.09. The maximum atomic E-state index is 13.5. The molecule has 0 saturated carbocycles. The van der Waals surface area contributed by atoms with Crippen LogP contribution in [0.15, 0.2) is 12.1 Å². The van der Waals surface area contributed by atoms with E-state index in [4.69, 9.17) is 0 Å². The Morgan fingerprint density at radius 2 is 1.74 bits per heavy atom. The van der Waals surface area contributed by atoms with Crippen molar-refractivity contribution < 1.29 is 22.8 Å². The van der Waals surface area contributed by atoms with Gasteiger partial charge in [-0.05, 0) is 39.2 Å². The summed E-state index contributed by atoms with van der Waals surface area (Å²) in [6, 6.07) is 1.64. The summed E-state index contributed by atoms with van der Waals surface area (Å²) >= 11 is 0. The average Bonchev–Trinajstić information content (AvgIpc) is 2.46. The van der Waals surface area contributed by atoms with Crippen LogP contribution in [0.5, 0.6) is 0 Å². The Kier molecular flexibility index (Phi) is 7.02. The van der Waals surface area contributed by atoms with Gasteiger partial charge in [0.1, 0.15) is 0 Å². The molecule has 1 aromatic rings. The number of carbonyl (C=O) groups is 2. The van der Waals surface area contributed by atoms with Crippen molar-refractivity contribution in [1.29, 1.82) is 0 Å². The third kappa shape index (κ3) is 5.90. The number of hydrogen-bond donors (Lipinski definition) is 1. The third-order valence-electron chi connectivity index (χ3n) is 3.12. The standard InChI is InChI=1S/C15H20F3N3O2/c1-10(22)21(8-4-7-20(2)3)9-13(23)19-12-6-5-11(16)14(17)15(12)18/h5-6H,4,7-9H2,1-3H3,(H,19,23). The van der Waals surface area contributed by atoms with Crippen molar-refractivity contribution in [2.24, 2.45) is 0 Å². The molecular formula is C15H20F3N3O2. The van der Waals surface area contributed by atoms with Gasteiger partial charge in [-0.3, -0.25) is 9.59 Å². The van der Waals surface area contributed by atoms with Crippen LogP contribution in [-0.2, 0) is 9.59 Å². The normalized spacial score (nSPS) is 10.7. The summed E-state index contributed by atoms with van der Waals surface area (Å²) in [6.45, 7) is 2.13. The van der Waals surface area contributed by atoms with Crippen LogP contribution < -0.4 is 5.32 Å². The second-order valence-corrected chi connectivity index (χ2v) is 5.37. The van der Waals surface area contributed by atoms with E-state index < -0.39 is 29.0 Å². The fraction of sp³-hybridized carbons (Fsp3) is 0.467. The smallest absolute Gasteiger partial charge is 0.244 e. The molecule has 2 amide bonds. The maximum Gasteiger partial charge on any atom is 0.244 e. The van der Waals surface area contributed by atoms with Gasteiger partial charge in [-0.25, -0.2) is 13.2 Å². The van der Waals surface area contributed by atoms with Crippen molar-refractivity contribution in [3.05, 3.63) is 29.6 Å². The molecule has 0 radical (unpaired) electrons. The lowest BCUT2D eigenvalue weighted by Gasteiger charge is -2.21. The lowest BCUT2D eigenvalue weighted by molar-refractivity contribution is -0.132. The number of carbonyl (C=O) groups excluding carboxylic acids is 2. The number of halogens is 3. The van der Waals surface area contributed by atoms with E-state index in [2.05, 4.69) is 5.32 Å². The summed E-state index contributed by atoms with van der Waals surface area (Å²) in [5.74, 6) is -5.45. The van der Waals surface area contributed by atoms with Gasteiger partial charge in [-0.15, -0.1) is 0 Å². The molecular weight excluding hydrogens is 311 g/mol. The van der Waals surface area contributed by atoms with Crippen molar-refractivity contribution >= 4 is 17.5 Å². The SMILES string of the molecule is CC(=O)N(CCCN(C)C)CC(=O)Nc1ccc(F)c(F)c1F. The fourth-order valence-corrected chi connectivity index (χ4v) is 1.91. The third-order valence-corrected chi connectivity index (χ3v) is 3.12. The quantitative estimate of drug-likeness (QED) is 0.776. The van der Waals surface area contributed by atoms with Crippen LogP contribution in [0.3, 0.4) is 0 Å². The second-order valence-electron chi connectivity index (χ2n) is 5.37. The van der Waals surface area contributed by atoms with E-state index in [1.165, 1.54) is 11.8 Å². The van der Waals surface area contributed by atoms with Gasteiger partial charge in [0.05, 0.1) is 12.2 Å². The predicted molar refractivity (Wildman–Crippen MR) is 80.4 cm³/mol. The molecule has 1 rings (SSSR count). The molecule has 128 valence electrons. The number of rotatable bonds is 7. The van der Waals surface area contributed by atoms with E-state index >= 15 is 0 Å². The average molecular weight is 331 g/mol. The van der Waals surface area contributed by atoms with Gasteiger partial charge in [-0.1, -0.05) is 0 Å². The first-order valence-electron chi connectivity index (χ1n) is 7.06. The molecule has 8 heteroatoms. The number of anilines is 1. The molecule has 0 aliphatic heterocycles. The highest BCUT2D eigenvalue weighted by Gasteiger charge is 2.18. The van der Waals surface area contributed by atoms with Crippen molar-refractivity contribution in [3.63, 3.8) is 0 Å². The molecule has 0 fully saturated rings. The topological polar surface area (TPSA) is 52.7 Å². The summed E-state index contributed by atoms with van der Waals surface area (Å²) in [6.07, 6.45) is 0.666. The largest absolute Gasteiger partial charge is 0.334 e. The van der Waals surface area contributed by atoms with Crippen LogP contribution in [0, 0.1) is 17.5 Å². The molecule has 5 nitrogen and oxygen atoms in total. The first-order valence-corrected chi connectivity index (χ1v) is 7.06. The van der Waals surface area contributed by atoms with E-state index in [0.717, 1.165) is 12.6 Å². The van der Waals surface area contributed by atoms with Crippen molar-refractivity contribution in [2.45, 2.75) is 13.3 Å². The Balaban J connectivity index is 2.66. The van der Waals surface area contributed by atoms with Gasteiger partial charge in [0.25, 0.3) is 0 Å². The van der Waals surface area contributed by atoms with Crippen LogP contribution in [-0.4, -0.2) is 55.3 Å². The minimum Gasteiger partial charge on any atom is -0.334 e. The molecule has 0 bridgehead atoms. The van der Waals surface area contributed by atoms with Gasteiger partial charge in [-0.2, -0.15) is 0 Å². The molecule has 0 saturated heterocycles. The number of amides is 2. The monoisotopic (exact) mass is 331 g/mol. The van der Waals surface area contributed by atoms with Crippen molar-refractivity contribution in [3.8, 4) is 0 Å². The van der Waals surface area contributed by atoms with Crippen molar-refractivity contribution in [2.75, 3.05) is 39.0 Å². The summed E-state index contributed by atoms with van der Waals surface area (Å²) in [7, 11) is 3.77. The zero-order chi connectivity index (χ0) is 17.6. The van der Waals surface area contributed by atoms with Crippen LogP contribution in [0.4, 0.5) is 18.9 Å². The molecule has 0 aromatic heterocycles. The first kappa shape index (κ1) is 19.0. The van der Waals surface area contributed by atoms with E-state index in [9.17, 15) is 22.8 Å². The number of nitrogens with zero attached hydrogens (tertiary/aromatic N) is 2. The molecule has 0 unspecified atom stereocenters. The molecule has 1 aromatic carbocycles. The number of benzene rings is 1. The maximum absolute atomic E-state index is 13.5. The van der Waals surface area contributed by atoms with Crippen LogP contribution in [0.2, 0.25) is 0 Å². The minimum absolute atomic E-state index is 0.290. The number of nitrogens with one attached hydrogen (secondary N) is 1. The first-order chi connectivity index (χ1) is 10.7. The van der Waals surface area contributed by atoms with Crippen LogP contribution >= 0.6 is 0 Å². The highest BCUT2D eigenvalue weighted by Crippen LogP contribution is 2.19. The zero-order valence-electron chi connectivity index (χ0n) is 13.3. The second kappa shape index (κ2) is 8.52. The Morgan fingerprint density at radius 1 is 1.09 bits per heavy atom. The lowest BCUT2D eigenvalue weighted by atomic mass is 10.2. The Morgan fingerprint density at radius 3 is 2.30 bits per heavy atom. The Bertz CT molecular complexity index is 579. The fourth-order valence-electron chi connectivity index (χ4n) is 1.91. The summed E-state index contributed by atoms with van der Waals surface area (Å²) in [4.78, 5) is 26.6. The number of hydrogen-bond acceptors (Lipinski definition) is 3. The molecule has 0 atom stereocenters. The van der Waals surface area contributed by atoms with Gasteiger partial charge >= 0.3 is 0 Å². The molecule has 1 N–H and O–H groups in total. The predicted octanol–water partition coefficient (Wildman–Crippen LogP) is 1.84. The summed E-state index contributed by atoms with van der Waals surface area (Å²) in [5.41, 5.74) is -0.467. The Labute approximate surface area is 133 Å². The van der Waals surface area contributed by atoms with Gasteiger partial charge in [0, 0.05) is 13.5 Å². The molecule has 0 aliphatic carbocycles. The van der Waals surface area contributed by atoms with E-state index in [0.29, 0.717) is 19.0 Å². The van der Waals surface area contributed by atoms with Gasteiger partial charge in [0.2, 0.25) is 11.8 Å². The lowest BCUT2D eigenvalue weighted by Crippen LogP contribution is -2.38. The highest BCUT2D eigenvalue weighted by molar-refractivity contribution is 5.94. The minimum atomic E-state index is -1.66. The molecule has 0 heterocycles. The molecule has 0 spiro atoms.